The van der Waals surface area contributed by atoms with E-state index in [-0.39, 0.29) is 12.6 Å². The van der Waals surface area contributed by atoms with Gasteiger partial charge < -0.3 is 9.47 Å². The minimum absolute atomic E-state index is 0.221. The fourth-order valence-electron chi connectivity index (χ4n) is 3.23. The lowest BCUT2D eigenvalue weighted by molar-refractivity contribution is -0.145. The van der Waals surface area contributed by atoms with Crippen LogP contribution in [0.15, 0.2) is 60.7 Å². The Morgan fingerprint density at radius 1 is 0.920 bits per heavy atom. The summed E-state index contributed by atoms with van der Waals surface area (Å²) in [6, 6.07) is 18.2. The zero-order valence-electron chi connectivity index (χ0n) is 14.3. The largest absolute Gasteiger partial charge is 0.468 e. The number of benzene rings is 2. The number of ether oxygens (including phenoxy) is 2. The van der Waals surface area contributed by atoms with Crippen molar-refractivity contribution in [3.05, 3.63) is 71.8 Å². The molecule has 0 spiro atoms. The molecule has 2 aromatic rings. The molecule has 1 saturated heterocycles. The van der Waals surface area contributed by atoms with E-state index in [0.717, 1.165) is 11.1 Å². The summed E-state index contributed by atoms with van der Waals surface area (Å²) in [5, 5.41) is 0. The molecule has 1 unspecified atom stereocenters. The number of rotatable bonds is 6. The Kier molecular flexibility index (Phi) is 5.14. The topological polar surface area (TPSA) is 55.6 Å². The minimum atomic E-state index is -0.630. The highest BCUT2D eigenvalue weighted by molar-refractivity contribution is 5.93. The van der Waals surface area contributed by atoms with Crippen molar-refractivity contribution in [1.82, 2.24) is 4.90 Å². The molecule has 0 saturated carbocycles. The summed E-state index contributed by atoms with van der Waals surface area (Å²) in [5.41, 5.74) is 2.02. The first kappa shape index (κ1) is 17.2. The number of carbonyl (C=O) groups excluding carboxylic acids is 2. The summed E-state index contributed by atoms with van der Waals surface area (Å²) in [5.74, 6) is -0.815. The zero-order chi connectivity index (χ0) is 17.8. The SMILES string of the molecule is CCOC(=O)[C@@H]1[C@@H](C(=O)OC)N1C(c1ccccc1)c1ccccc1. The average molecular weight is 339 g/mol. The highest BCUT2D eigenvalue weighted by atomic mass is 16.5. The van der Waals surface area contributed by atoms with Gasteiger partial charge in [0.1, 0.15) is 12.1 Å². The molecule has 1 aliphatic rings. The van der Waals surface area contributed by atoms with Crippen molar-refractivity contribution in [1.29, 1.82) is 0 Å². The molecule has 130 valence electrons. The molecule has 0 amide bonds. The Hall–Kier alpha value is -2.66. The maximum Gasteiger partial charge on any atom is 0.325 e. The minimum Gasteiger partial charge on any atom is -0.468 e. The van der Waals surface area contributed by atoms with Crippen molar-refractivity contribution in [2.45, 2.75) is 25.0 Å². The predicted octanol–water partition coefficient (Wildman–Crippen LogP) is 2.56. The maximum absolute atomic E-state index is 12.3. The summed E-state index contributed by atoms with van der Waals surface area (Å²) in [6.45, 7) is 2.03. The molecule has 3 rings (SSSR count). The second kappa shape index (κ2) is 7.49. The number of nitrogens with zero attached hydrogens (tertiary/aromatic N) is 1. The van der Waals surface area contributed by atoms with Crippen molar-refractivity contribution in [3.63, 3.8) is 0 Å². The predicted molar refractivity (Wildman–Crippen MR) is 92.8 cm³/mol. The zero-order valence-corrected chi connectivity index (χ0v) is 14.3. The molecular formula is C20H21NO4. The normalized spacial score (nSPS) is 21.6. The second-order valence-electron chi connectivity index (χ2n) is 5.84. The van der Waals surface area contributed by atoms with Crippen LogP contribution in [0.2, 0.25) is 0 Å². The fraction of sp³-hybridized carbons (Fsp3) is 0.300. The highest BCUT2D eigenvalue weighted by Gasteiger charge is 2.62. The summed E-state index contributed by atoms with van der Waals surface area (Å²) in [6.07, 6.45) is 0. The quantitative estimate of drug-likeness (QED) is 0.598. The van der Waals surface area contributed by atoms with E-state index in [1.807, 2.05) is 65.6 Å². The summed E-state index contributed by atoms with van der Waals surface area (Å²) in [4.78, 5) is 26.4. The number of esters is 2. The number of methoxy groups -OCH3 is 1. The molecule has 5 heteroatoms. The second-order valence-corrected chi connectivity index (χ2v) is 5.84. The molecule has 5 nitrogen and oxygen atoms in total. The van der Waals surface area contributed by atoms with Crippen molar-refractivity contribution >= 4 is 11.9 Å². The summed E-state index contributed by atoms with van der Waals surface area (Å²) < 4.78 is 10.1. The molecule has 0 bridgehead atoms. The Morgan fingerprint density at radius 3 is 1.84 bits per heavy atom. The van der Waals surface area contributed by atoms with Crippen molar-refractivity contribution in [3.8, 4) is 0 Å². The molecule has 0 aromatic heterocycles. The molecule has 1 fully saturated rings. The first-order valence-corrected chi connectivity index (χ1v) is 8.30. The third kappa shape index (κ3) is 3.42. The van der Waals surface area contributed by atoms with Crippen molar-refractivity contribution < 1.29 is 19.1 Å². The first-order valence-electron chi connectivity index (χ1n) is 8.30. The van der Waals surface area contributed by atoms with Gasteiger partial charge >= 0.3 is 11.9 Å². The first-order chi connectivity index (χ1) is 12.2. The fourth-order valence-corrected chi connectivity index (χ4v) is 3.23. The van der Waals surface area contributed by atoms with Gasteiger partial charge in [0.25, 0.3) is 0 Å². The van der Waals surface area contributed by atoms with Gasteiger partial charge in [0, 0.05) is 0 Å². The van der Waals surface area contributed by atoms with Gasteiger partial charge in [0.2, 0.25) is 0 Å². The van der Waals surface area contributed by atoms with Crippen LogP contribution in [-0.2, 0) is 19.1 Å². The standard InChI is InChI=1S/C20H21NO4/c1-3-25-20(23)18-17(19(22)24-2)21(18)16(14-10-6-4-7-11-14)15-12-8-5-9-13-15/h4-13,16-18H,3H2,1-2H3/t17-,18-,21?/m0/s1. The molecule has 0 radical (unpaired) electrons. The van der Waals surface area contributed by atoms with Crippen molar-refractivity contribution in [2.75, 3.05) is 13.7 Å². The van der Waals surface area contributed by atoms with E-state index in [4.69, 9.17) is 9.47 Å². The summed E-state index contributed by atoms with van der Waals surface area (Å²) >= 11 is 0. The molecule has 25 heavy (non-hydrogen) atoms. The van der Waals surface area contributed by atoms with Crippen LogP contribution in [-0.4, -0.2) is 42.6 Å². The van der Waals surface area contributed by atoms with E-state index >= 15 is 0 Å². The van der Waals surface area contributed by atoms with Gasteiger partial charge in [-0.05, 0) is 18.1 Å². The van der Waals surface area contributed by atoms with Crippen LogP contribution in [0.25, 0.3) is 0 Å². The van der Waals surface area contributed by atoms with E-state index in [0.29, 0.717) is 0 Å². The number of hydrogen-bond acceptors (Lipinski definition) is 5. The van der Waals surface area contributed by atoms with Crippen molar-refractivity contribution in [2.24, 2.45) is 0 Å². The molecule has 1 aliphatic heterocycles. The van der Waals surface area contributed by atoms with Crippen LogP contribution < -0.4 is 0 Å². The van der Waals surface area contributed by atoms with E-state index in [9.17, 15) is 9.59 Å². The third-order valence-electron chi connectivity index (χ3n) is 4.35. The van der Waals surface area contributed by atoms with E-state index in [1.54, 1.807) is 6.92 Å². The molecule has 0 N–H and O–H groups in total. The summed E-state index contributed by atoms with van der Waals surface area (Å²) in [7, 11) is 1.33. The van der Waals surface area contributed by atoms with Gasteiger partial charge in [-0.1, -0.05) is 60.7 Å². The Labute approximate surface area is 147 Å². The smallest absolute Gasteiger partial charge is 0.325 e. The lowest BCUT2D eigenvalue weighted by Crippen LogP contribution is -2.20. The van der Waals surface area contributed by atoms with Crippen LogP contribution in [0.3, 0.4) is 0 Å². The maximum atomic E-state index is 12.3. The molecule has 2 aromatic carbocycles. The molecule has 0 aliphatic carbocycles. The average Bonchev–Trinajstić information content (AvgIpc) is 3.38. The third-order valence-corrected chi connectivity index (χ3v) is 4.35. The van der Waals surface area contributed by atoms with Crippen LogP contribution in [0.1, 0.15) is 24.1 Å². The van der Waals surface area contributed by atoms with Crippen LogP contribution in [0, 0.1) is 0 Å². The molecule has 1 heterocycles. The van der Waals surface area contributed by atoms with Gasteiger partial charge in [0.15, 0.2) is 0 Å². The van der Waals surface area contributed by atoms with Crippen LogP contribution in [0.4, 0.5) is 0 Å². The lowest BCUT2D eigenvalue weighted by Gasteiger charge is -2.20. The number of hydrogen-bond donors (Lipinski definition) is 0. The lowest BCUT2D eigenvalue weighted by atomic mass is 9.98. The van der Waals surface area contributed by atoms with Gasteiger partial charge in [-0.2, -0.15) is 0 Å². The van der Waals surface area contributed by atoms with Gasteiger partial charge in [-0.15, -0.1) is 0 Å². The van der Waals surface area contributed by atoms with E-state index < -0.39 is 24.0 Å². The van der Waals surface area contributed by atoms with Crippen LogP contribution in [0.5, 0.6) is 0 Å². The van der Waals surface area contributed by atoms with E-state index in [1.165, 1.54) is 7.11 Å². The van der Waals surface area contributed by atoms with Crippen LogP contribution >= 0.6 is 0 Å². The highest BCUT2D eigenvalue weighted by Crippen LogP contribution is 2.43. The van der Waals surface area contributed by atoms with Gasteiger partial charge in [-0.3, -0.25) is 14.5 Å². The Balaban J connectivity index is 2.00. The Morgan fingerprint density at radius 2 is 1.40 bits per heavy atom. The molecule has 3 atom stereocenters. The number of carbonyl (C=O) groups is 2. The monoisotopic (exact) mass is 339 g/mol. The van der Waals surface area contributed by atoms with Gasteiger partial charge in [0.05, 0.1) is 19.8 Å². The van der Waals surface area contributed by atoms with E-state index in [2.05, 4.69) is 0 Å². The molecular weight excluding hydrogens is 318 g/mol. The Bertz CT molecular complexity index is 692. The van der Waals surface area contributed by atoms with Gasteiger partial charge in [-0.25, -0.2) is 0 Å².